The third-order valence-electron chi connectivity index (χ3n) is 3.70. The second-order valence-electron chi connectivity index (χ2n) is 5.76. The number of carbonyl (C=O) groups is 2. The van der Waals surface area contributed by atoms with Crippen LogP contribution in [0.15, 0.2) is 18.2 Å². The number of aliphatic carboxylic acids is 1. The number of carboxylic acid groups (broad SMARTS) is 1. The number of amides is 2. The highest BCUT2D eigenvalue weighted by molar-refractivity contribution is 6.30. The maximum atomic E-state index is 13.3. The summed E-state index contributed by atoms with van der Waals surface area (Å²) >= 11 is 5.55. The van der Waals surface area contributed by atoms with Crippen molar-refractivity contribution in [1.29, 1.82) is 0 Å². The van der Waals surface area contributed by atoms with Crippen LogP contribution in [0.1, 0.15) is 27.7 Å². The van der Waals surface area contributed by atoms with Crippen LogP contribution >= 0.6 is 11.6 Å². The number of nitrogens with one attached hydrogen (secondary N) is 2. The lowest BCUT2D eigenvalue weighted by Crippen LogP contribution is -2.57. The quantitative estimate of drug-likeness (QED) is 0.795. The van der Waals surface area contributed by atoms with Gasteiger partial charge >= 0.3 is 12.0 Å². The van der Waals surface area contributed by atoms with Crippen LogP contribution in [0.2, 0.25) is 5.02 Å². The molecule has 21 heavy (non-hydrogen) atoms. The summed E-state index contributed by atoms with van der Waals surface area (Å²) in [6.07, 6.45) is 0. The van der Waals surface area contributed by atoms with Gasteiger partial charge in [-0.25, -0.2) is 9.18 Å². The predicted molar refractivity (Wildman–Crippen MR) is 79.1 cm³/mol. The Kier molecular flexibility index (Phi) is 4.83. The Labute approximate surface area is 127 Å². The molecule has 1 aromatic carbocycles. The summed E-state index contributed by atoms with van der Waals surface area (Å²) in [7, 11) is 0. The fourth-order valence-electron chi connectivity index (χ4n) is 1.44. The average Bonchev–Trinajstić information content (AvgIpc) is 2.32. The van der Waals surface area contributed by atoms with Crippen molar-refractivity contribution in [2.75, 3.05) is 5.32 Å². The van der Waals surface area contributed by atoms with Crippen LogP contribution in [0.3, 0.4) is 0 Å². The van der Waals surface area contributed by atoms with Gasteiger partial charge in [0, 0.05) is 5.69 Å². The van der Waals surface area contributed by atoms with Crippen LogP contribution in [0.25, 0.3) is 0 Å². The molecule has 0 saturated carbocycles. The van der Waals surface area contributed by atoms with Gasteiger partial charge in [-0.1, -0.05) is 11.6 Å². The van der Waals surface area contributed by atoms with Crippen LogP contribution in [0.5, 0.6) is 0 Å². The molecule has 116 valence electrons. The summed E-state index contributed by atoms with van der Waals surface area (Å²) < 4.78 is 13.3. The van der Waals surface area contributed by atoms with Crippen molar-refractivity contribution < 1.29 is 19.1 Å². The van der Waals surface area contributed by atoms with Crippen molar-refractivity contribution in [3.8, 4) is 0 Å². The third kappa shape index (κ3) is 3.85. The lowest BCUT2D eigenvalue weighted by molar-refractivity contribution is -0.150. The molecule has 0 aliphatic carbocycles. The molecular weight excluding hydrogens is 299 g/mol. The minimum atomic E-state index is -1.18. The van der Waals surface area contributed by atoms with E-state index in [0.717, 1.165) is 6.07 Å². The van der Waals surface area contributed by atoms with Gasteiger partial charge in [-0.3, -0.25) is 4.79 Å². The Balaban J connectivity index is 2.81. The van der Waals surface area contributed by atoms with Crippen molar-refractivity contribution in [1.82, 2.24) is 5.32 Å². The first-order valence-electron chi connectivity index (χ1n) is 6.25. The van der Waals surface area contributed by atoms with Crippen molar-refractivity contribution in [3.05, 3.63) is 29.0 Å². The topological polar surface area (TPSA) is 78.4 Å². The number of carboxylic acids is 1. The van der Waals surface area contributed by atoms with E-state index in [1.807, 2.05) is 0 Å². The molecule has 0 aliphatic heterocycles. The van der Waals surface area contributed by atoms with Crippen molar-refractivity contribution in [2.45, 2.75) is 33.2 Å². The first-order chi connectivity index (χ1) is 9.47. The summed E-state index contributed by atoms with van der Waals surface area (Å²) in [5, 5.41) is 14.2. The SMILES string of the molecule is CC(C)(NC(=O)Nc1ccc(Cl)c(F)c1)C(C)(C)C(=O)O. The van der Waals surface area contributed by atoms with Crippen LogP contribution < -0.4 is 10.6 Å². The molecule has 0 spiro atoms. The molecule has 1 aromatic rings. The normalized spacial score (nSPS) is 11.9. The summed E-state index contributed by atoms with van der Waals surface area (Å²) in [5.74, 6) is -1.69. The van der Waals surface area contributed by atoms with Gasteiger partial charge in [0.15, 0.2) is 0 Å². The number of hydrogen-bond acceptors (Lipinski definition) is 2. The van der Waals surface area contributed by atoms with E-state index >= 15 is 0 Å². The number of urea groups is 1. The summed E-state index contributed by atoms with van der Waals surface area (Å²) in [4.78, 5) is 23.2. The molecule has 0 saturated heterocycles. The van der Waals surface area contributed by atoms with E-state index in [0.29, 0.717) is 0 Å². The zero-order valence-corrected chi connectivity index (χ0v) is 13.0. The summed E-state index contributed by atoms with van der Waals surface area (Å²) in [6.45, 7) is 6.22. The first kappa shape index (κ1) is 17.2. The second kappa shape index (κ2) is 5.89. The Hall–Kier alpha value is -1.82. The van der Waals surface area contributed by atoms with Crippen molar-refractivity contribution >= 4 is 29.3 Å². The largest absolute Gasteiger partial charge is 0.481 e. The van der Waals surface area contributed by atoms with Crippen LogP contribution in [-0.4, -0.2) is 22.6 Å². The molecule has 0 aliphatic rings. The molecule has 0 fully saturated rings. The van der Waals surface area contributed by atoms with Crippen molar-refractivity contribution in [3.63, 3.8) is 0 Å². The predicted octanol–water partition coefficient (Wildman–Crippen LogP) is 3.49. The van der Waals surface area contributed by atoms with E-state index in [4.69, 9.17) is 11.6 Å². The van der Waals surface area contributed by atoms with Gasteiger partial charge in [0.05, 0.1) is 16.0 Å². The maximum absolute atomic E-state index is 13.3. The van der Waals surface area contributed by atoms with Gasteiger partial charge in [0.25, 0.3) is 0 Å². The first-order valence-corrected chi connectivity index (χ1v) is 6.63. The molecule has 0 bridgehead atoms. The van der Waals surface area contributed by atoms with Gasteiger partial charge < -0.3 is 15.7 Å². The molecule has 0 aromatic heterocycles. The molecule has 0 atom stereocenters. The number of halogens is 2. The molecule has 3 N–H and O–H groups in total. The maximum Gasteiger partial charge on any atom is 0.319 e. The van der Waals surface area contributed by atoms with Gasteiger partial charge in [-0.2, -0.15) is 0 Å². The molecule has 2 amide bonds. The van der Waals surface area contributed by atoms with Gasteiger partial charge in [0.1, 0.15) is 5.82 Å². The lowest BCUT2D eigenvalue weighted by atomic mass is 9.74. The van der Waals surface area contributed by atoms with Crippen LogP contribution in [-0.2, 0) is 4.79 Å². The summed E-state index contributed by atoms with van der Waals surface area (Å²) in [6, 6.07) is 3.22. The summed E-state index contributed by atoms with van der Waals surface area (Å²) in [5.41, 5.74) is -1.98. The molecule has 5 nitrogen and oxygen atoms in total. The smallest absolute Gasteiger partial charge is 0.319 e. The van der Waals surface area contributed by atoms with E-state index in [9.17, 15) is 19.1 Å². The Morgan fingerprint density at radius 2 is 1.81 bits per heavy atom. The highest BCUT2D eigenvalue weighted by Gasteiger charge is 2.44. The Morgan fingerprint density at radius 1 is 1.24 bits per heavy atom. The minimum Gasteiger partial charge on any atom is -0.481 e. The molecule has 0 unspecified atom stereocenters. The number of benzene rings is 1. The second-order valence-corrected chi connectivity index (χ2v) is 6.17. The van der Waals surface area contributed by atoms with E-state index in [2.05, 4.69) is 10.6 Å². The Morgan fingerprint density at radius 3 is 2.29 bits per heavy atom. The van der Waals surface area contributed by atoms with Gasteiger partial charge in [-0.05, 0) is 45.9 Å². The van der Waals surface area contributed by atoms with E-state index in [1.54, 1.807) is 13.8 Å². The lowest BCUT2D eigenvalue weighted by Gasteiger charge is -2.38. The fourth-order valence-corrected chi connectivity index (χ4v) is 1.56. The van der Waals surface area contributed by atoms with Crippen molar-refractivity contribution in [2.24, 2.45) is 5.41 Å². The standard InChI is InChI=1S/C14H18ClFN2O3/c1-13(2,11(19)20)14(3,4)18-12(21)17-8-5-6-9(15)10(16)7-8/h5-7H,1-4H3,(H,19,20)(H2,17,18,21). The highest BCUT2D eigenvalue weighted by atomic mass is 35.5. The minimum absolute atomic E-state index is 0.0479. The van der Waals surface area contributed by atoms with E-state index in [1.165, 1.54) is 26.0 Å². The van der Waals surface area contributed by atoms with E-state index < -0.39 is 28.8 Å². The molecule has 0 heterocycles. The van der Waals surface area contributed by atoms with Crippen LogP contribution in [0.4, 0.5) is 14.9 Å². The molecule has 1 rings (SSSR count). The third-order valence-corrected chi connectivity index (χ3v) is 4.01. The molecular formula is C14H18ClFN2O3. The van der Waals surface area contributed by atoms with Gasteiger partial charge in [0.2, 0.25) is 0 Å². The van der Waals surface area contributed by atoms with E-state index in [-0.39, 0.29) is 10.7 Å². The van der Waals surface area contributed by atoms with Crippen LogP contribution in [0, 0.1) is 11.2 Å². The van der Waals surface area contributed by atoms with Gasteiger partial charge in [-0.15, -0.1) is 0 Å². The Bertz CT molecular complexity index is 573. The fraction of sp³-hybridized carbons (Fsp3) is 0.429. The number of rotatable bonds is 4. The number of anilines is 1. The average molecular weight is 317 g/mol. The highest BCUT2D eigenvalue weighted by Crippen LogP contribution is 2.30. The zero-order valence-electron chi connectivity index (χ0n) is 12.3. The monoisotopic (exact) mass is 316 g/mol. The number of hydrogen-bond donors (Lipinski definition) is 3. The zero-order chi connectivity index (χ0) is 16.4. The molecule has 7 heteroatoms. The molecule has 0 radical (unpaired) electrons. The number of carbonyl (C=O) groups excluding carboxylic acids is 1.